The summed E-state index contributed by atoms with van der Waals surface area (Å²) in [4.78, 5) is 2.78. The largest absolute Gasteiger partial charge is 0.296 e. The van der Waals surface area contributed by atoms with Crippen LogP contribution in [0, 0.1) is 0 Å². The van der Waals surface area contributed by atoms with Gasteiger partial charge in [0.2, 0.25) is 0 Å². The minimum absolute atomic E-state index is 0.379. The van der Waals surface area contributed by atoms with Crippen LogP contribution in [0.25, 0.3) is 0 Å². The highest BCUT2D eigenvalue weighted by Gasteiger charge is 2.45. The lowest BCUT2D eigenvalue weighted by Crippen LogP contribution is -2.62. The van der Waals surface area contributed by atoms with Crippen molar-refractivity contribution < 1.29 is 0 Å². The molecule has 0 aromatic heterocycles. The molecule has 0 aromatic carbocycles. The molecule has 1 saturated carbocycles. The lowest BCUT2D eigenvalue weighted by atomic mass is 9.82. The lowest BCUT2D eigenvalue weighted by molar-refractivity contribution is 0.0332. The van der Waals surface area contributed by atoms with E-state index in [1.54, 1.807) is 0 Å². The van der Waals surface area contributed by atoms with Crippen molar-refractivity contribution in [3.8, 4) is 0 Å². The van der Waals surface area contributed by atoms with E-state index in [0.29, 0.717) is 11.6 Å². The van der Waals surface area contributed by atoms with Crippen molar-refractivity contribution in [2.24, 2.45) is 5.84 Å². The summed E-state index contributed by atoms with van der Waals surface area (Å²) in [6, 6.07) is 0.498. The monoisotopic (exact) mass is 253 g/mol. The van der Waals surface area contributed by atoms with Crippen molar-refractivity contribution in [1.29, 1.82) is 0 Å². The molecule has 106 valence electrons. The van der Waals surface area contributed by atoms with Gasteiger partial charge in [-0.3, -0.25) is 16.2 Å². The number of nitrogens with two attached hydrogens (primary N) is 1. The van der Waals surface area contributed by atoms with Gasteiger partial charge in [-0.25, -0.2) is 0 Å². The first-order chi connectivity index (χ1) is 8.83. The molecule has 3 nitrogen and oxygen atoms in total. The van der Waals surface area contributed by atoms with E-state index in [1.165, 1.54) is 77.3 Å². The molecular weight excluding hydrogens is 222 g/mol. The summed E-state index contributed by atoms with van der Waals surface area (Å²) in [5.74, 6) is 5.91. The number of unbranched alkanes of at least 4 members (excludes halogenated alkanes) is 1. The van der Waals surface area contributed by atoms with E-state index in [9.17, 15) is 0 Å². The van der Waals surface area contributed by atoms with Gasteiger partial charge in [0.05, 0.1) is 0 Å². The maximum atomic E-state index is 5.91. The molecule has 2 fully saturated rings. The Labute approximate surface area is 112 Å². The zero-order valence-electron chi connectivity index (χ0n) is 12.1. The fraction of sp³-hybridized carbons (Fsp3) is 1.00. The summed E-state index contributed by atoms with van der Waals surface area (Å²) in [6.07, 6.45) is 13.5. The van der Waals surface area contributed by atoms with Crippen molar-refractivity contribution in [3.05, 3.63) is 0 Å². The quantitative estimate of drug-likeness (QED) is 0.565. The van der Waals surface area contributed by atoms with Crippen LogP contribution in [-0.4, -0.2) is 29.6 Å². The molecule has 2 aliphatic rings. The van der Waals surface area contributed by atoms with Gasteiger partial charge in [-0.2, -0.15) is 0 Å². The molecule has 3 N–H and O–H groups in total. The highest BCUT2D eigenvalue weighted by Crippen LogP contribution is 2.40. The van der Waals surface area contributed by atoms with Crippen LogP contribution >= 0.6 is 0 Å². The predicted molar refractivity (Wildman–Crippen MR) is 77.3 cm³/mol. The number of hydrazine groups is 1. The Bertz CT molecular complexity index is 230. The number of nitrogens with zero attached hydrogens (tertiary/aromatic N) is 1. The van der Waals surface area contributed by atoms with Gasteiger partial charge in [0.25, 0.3) is 0 Å². The van der Waals surface area contributed by atoms with Crippen LogP contribution in [-0.2, 0) is 0 Å². The van der Waals surface area contributed by atoms with Crippen molar-refractivity contribution >= 4 is 0 Å². The number of rotatable bonds is 6. The molecule has 1 atom stereocenters. The molecule has 1 aliphatic carbocycles. The van der Waals surface area contributed by atoms with E-state index >= 15 is 0 Å². The Morgan fingerprint density at radius 2 is 1.78 bits per heavy atom. The molecule has 1 heterocycles. The van der Waals surface area contributed by atoms with Gasteiger partial charge in [0.15, 0.2) is 0 Å². The minimum Gasteiger partial charge on any atom is -0.296 e. The Morgan fingerprint density at radius 3 is 2.33 bits per heavy atom. The van der Waals surface area contributed by atoms with Gasteiger partial charge in [0.1, 0.15) is 0 Å². The van der Waals surface area contributed by atoms with Crippen molar-refractivity contribution in [1.82, 2.24) is 10.3 Å². The molecule has 3 heteroatoms. The van der Waals surface area contributed by atoms with E-state index in [2.05, 4.69) is 17.2 Å². The second kappa shape index (κ2) is 6.88. The topological polar surface area (TPSA) is 41.3 Å². The highest BCUT2D eigenvalue weighted by atomic mass is 15.3. The second-order valence-corrected chi connectivity index (χ2v) is 6.22. The van der Waals surface area contributed by atoms with Gasteiger partial charge >= 0.3 is 0 Å². The van der Waals surface area contributed by atoms with Crippen LogP contribution < -0.4 is 11.3 Å². The number of hydrogen-bond donors (Lipinski definition) is 2. The third-order valence-electron chi connectivity index (χ3n) is 5.15. The van der Waals surface area contributed by atoms with Crippen LogP contribution in [0.2, 0.25) is 0 Å². The molecule has 2 rings (SSSR count). The third kappa shape index (κ3) is 2.89. The first-order valence-corrected chi connectivity index (χ1v) is 8.04. The molecule has 0 radical (unpaired) electrons. The van der Waals surface area contributed by atoms with E-state index in [0.717, 1.165) is 0 Å². The average molecular weight is 253 g/mol. The Balaban J connectivity index is 2.07. The molecule has 0 spiro atoms. The van der Waals surface area contributed by atoms with E-state index in [1.807, 2.05) is 0 Å². The van der Waals surface area contributed by atoms with Gasteiger partial charge < -0.3 is 0 Å². The van der Waals surface area contributed by atoms with E-state index in [-0.39, 0.29) is 0 Å². The molecule has 18 heavy (non-hydrogen) atoms. The number of piperidine rings is 1. The van der Waals surface area contributed by atoms with E-state index < -0.39 is 0 Å². The number of nitrogens with one attached hydrogen (secondary N) is 1. The summed E-state index contributed by atoms with van der Waals surface area (Å²) in [5, 5.41) is 0. The number of hydrogen-bond acceptors (Lipinski definition) is 3. The van der Waals surface area contributed by atoms with Crippen LogP contribution in [0.15, 0.2) is 0 Å². The average Bonchev–Trinajstić information content (AvgIpc) is 2.91. The SMILES string of the molecule is CCCCC(NN)C1(N2CCCCC2)CCCC1. The fourth-order valence-corrected chi connectivity index (χ4v) is 4.13. The Morgan fingerprint density at radius 1 is 1.11 bits per heavy atom. The van der Waals surface area contributed by atoms with Crippen molar-refractivity contribution in [2.75, 3.05) is 13.1 Å². The van der Waals surface area contributed by atoms with Gasteiger partial charge in [-0.05, 0) is 45.2 Å². The highest BCUT2D eigenvalue weighted by molar-refractivity contribution is 5.03. The minimum atomic E-state index is 0.379. The smallest absolute Gasteiger partial charge is 0.0394 e. The fourth-order valence-electron chi connectivity index (χ4n) is 4.13. The van der Waals surface area contributed by atoms with Crippen LogP contribution in [0.1, 0.15) is 71.1 Å². The molecule has 0 amide bonds. The molecule has 1 aliphatic heterocycles. The lowest BCUT2D eigenvalue weighted by Gasteiger charge is -2.48. The molecule has 1 saturated heterocycles. The molecule has 0 aromatic rings. The summed E-state index contributed by atoms with van der Waals surface area (Å²) in [6.45, 7) is 4.87. The molecular formula is C15H31N3. The summed E-state index contributed by atoms with van der Waals surface area (Å²) in [5.41, 5.74) is 3.55. The van der Waals surface area contributed by atoms with Crippen LogP contribution in [0.3, 0.4) is 0 Å². The summed E-state index contributed by atoms with van der Waals surface area (Å²) < 4.78 is 0. The Kier molecular flexibility index (Phi) is 5.46. The zero-order valence-corrected chi connectivity index (χ0v) is 12.1. The van der Waals surface area contributed by atoms with Gasteiger partial charge in [0, 0.05) is 11.6 Å². The normalized spacial score (nSPS) is 26.3. The maximum Gasteiger partial charge on any atom is 0.0394 e. The van der Waals surface area contributed by atoms with Crippen molar-refractivity contribution in [3.63, 3.8) is 0 Å². The first-order valence-electron chi connectivity index (χ1n) is 8.04. The number of likely N-dealkylation sites (tertiary alicyclic amines) is 1. The predicted octanol–water partition coefficient (Wildman–Crippen LogP) is 2.81. The Hall–Kier alpha value is -0.120. The van der Waals surface area contributed by atoms with Gasteiger partial charge in [-0.15, -0.1) is 0 Å². The van der Waals surface area contributed by atoms with Crippen molar-refractivity contribution in [2.45, 2.75) is 82.7 Å². The standard InChI is InChI=1S/C15H31N3/c1-2-3-9-14(17-16)15(10-5-6-11-15)18-12-7-4-8-13-18/h14,17H,2-13,16H2,1H3. The third-order valence-corrected chi connectivity index (χ3v) is 5.15. The maximum absolute atomic E-state index is 5.91. The van der Waals surface area contributed by atoms with Crippen LogP contribution in [0.5, 0.6) is 0 Å². The summed E-state index contributed by atoms with van der Waals surface area (Å²) in [7, 11) is 0. The second-order valence-electron chi connectivity index (χ2n) is 6.22. The van der Waals surface area contributed by atoms with E-state index in [4.69, 9.17) is 5.84 Å². The zero-order chi connectivity index (χ0) is 12.8. The molecule has 0 bridgehead atoms. The van der Waals surface area contributed by atoms with Gasteiger partial charge in [-0.1, -0.05) is 39.0 Å². The van der Waals surface area contributed by atoms with Crippen LogP contribution in [0.4, 0.5) is 0 Å². The first kappa shape index (κ1) is 14.3. The summed E-state index contributed by atoms with van der Waals surface area (Å²) >= 11 is 0. The molecule has 1 unspecified atom stereocenters.